The molecule has 1 aromatic carbocycles. The molecule has 3 heteroatoms. The van der Waals surface area contributed by atoms with Crippen LogP contribution in [-0.4, -0.2) is 16.3 Å². The van der Waals surface area contributed by atoms with E-state index in [1.807, 2.05) is 23.1 Å². The van der Waals surface area contributed by atoms with Crippen LogP contribution in [0.2, 0.25) is 0 Å². The van der Waals surface area contributed by atoms with Crippen LogP contribution in [0.15, 0.2) is 42.7 Å². The predicted molar refractivity (Wildman–Crippen MR) is 83.2 cm³/mol. The quantitative estimate of drug-likeness (QED) is 0.905. The molecule has 1 aromatic heterocycles. The van der Waals surface area contributed by atoms with Crippen LogP contribution in [0.3, 0.4) is 0 Å². The SMILES string of the molecule is CC1CCCC(CNc2cccc(-n3cccn3)c2)C1. The van der Waals surface area contributed by atoms with Crippen LogP contribution in [0.1, 0.15) is 32.6 Å². The first-order chi connectivity index (χ1) is 9.81. The largest absolute Gasteiger partial charge is 0.385 e. The van der Waals surface area contributed by atoms with Crippen LogP contribution in [0.5, 0.6) is 0 Å². The van der Waals surface area contributed by atoms with Gasteiger partial charge in [0.2, 0.25) is 0 Å². The second-order valence-electron chi connectivity index (χ2n) is 6.02. The van der Waals surface area contributed by atoms with E-state index in [1.54, 1.807) is 0 Å². The molecule has 2 atom stereocenters. The number of hydrogen-bond acceptors (Lipinski definition) is 2. The van der Waals surface area contributed by atoms with Crippen molar-refractivity contribution in [3.63, 3.8) is 0 Å². The van der Waals surface area contributed by atoms with E-state index in [0.29, 0.717) is 0 Å². The molecular weight excluding hydrogens is 246 g/mol. The van der Waals surface area contributed by atoms with Crippen LogP contribution in [0.4, 0.5) is 5.69 Å². The van der Waals surface area contributed by atoms with Crippen LogP contribution < -0.4 is 5.32 Å². The van der Waals surface area contributed by atoms with Gasteiger partial charge in [0.25, 0.3) is 0 Å². The standard InChI is InChI=1S/C17H23N3/c1-14-5-2-6-15(11-14)13-18-16-7-3-8-17(12-16)20-10-4-9-19-20/h3-4,7-10,12,14-15,18H,2,5-6,11,13H2,1H3. The summed E-state index contributed by atoms with van der Waals surface area (Å²) in [6.45, 7) is 3.47. The second kappa shape index (κ2) is 6.12. The Morgan fingerprint density at radius 3 is 3.05 bits per heavy atom. The fraction of sp³-hybridized carbons (Fsp3) is 0.471. The molecule has 1 heterocycles. The predicted octanol–water partition coefficient (Wildman–Crippen LogP) is 4.11. The lowest BCUT2D eigenvalue weighted by molar-refractivity contribution is 0.293. The molecule has 2 unspecified atom stereocenters. The third-order valence-electron chi connectivity index (χ3n) is 4.25. The molecular formula is C17H23N3. The van der Waals surface area contributed by atoms with Crippen molar-refractivity contribution < 1.29 is 0 Å². The average molecular weight is 269 g/mol. The Morgan fingerprint density at radius 2 is 2.25 bits per heavy atom. The Morgan fingerprint density at radius 1 is 1.30 bits per heavy atom. The Kier molecular flexibility index (Phi) is 4.05. The molecule has 0 aliphatic heterocycles. The summed E-state index contributed by atoms with van der Waals surface area (Å²) in [6.07, 6.45) is 9.32. The summed E-state index contributed by atoms with van der Waals surface area (Å²) >= 11 is 0. The number of hydrogen-bond donors (Lipinski definition) is 1. The van der Waals surface area contributed by atoms with Crippen LogP contribution in [-0.2, 0) is 0 Å². The van der Waals surface area contributed by atoms with Crippen LogP contribution >= 0.6 is 0 Å². The van der Waals surface area contributed by atoms with E-state index in [2.05, 4.69) is 41.6 Å². The van der Waals surface area contributed by atoms with Gasteiger partial charge in [0.05, 0.1) is 5.69 Å². The summed E-state index contributed by atoms with van der Waals surface area (Å²) in [5, 5.41) is 7.87. The summed E-state index contributed by atoms with van der Waals surface area (Å²) in [5.74, 6) is 1.72. The van der Waals surface area contributed by atoms with Gasteiger partial charge in [-0.25, -0.2) is 4.68 Å². The molecule has 2 aromatic rings. The van der Waals surface area contributed by atoms with Crippen molar-refractivity contribution in [2.24, 2.45) is 11.8 Å². The Hall–Kier alpha value is -1.77. The average Bonchev–Trinajstić information content (AvgIpc) is 3.00. The van der Waals surface area contributed by atoms with Crippen molar-refractivity contribution >= 4 is 5.69 Å². The van der Waals surface area contributed by atoms with Crippen molar-refractivity contribution in [2.75, 3.05) is 11.9 Å². The fourth-order valence-electron chi connectivity index (χ4n) is 3.19. The zero-order valence-electron chi connectivity index (χ0n) is 12.1. The van der Waals surface area contributed by atoms with Gasteiger partial charge < -0.3 is 5.32 Å². The number of nitrogens with zero attached hydrogens (tertiary/aromatic N) is 2. The minimum absolute atomic E-state index is 0.826. The summed E-state index contributed by atoms with van der Waals surface area (Å²) in [6, 6.07) is 10.4. The lowest BCUT2D eigenvalue weighted by Gasteiger charge is -2.27. The van der Waals surface area contributed by atoms with Crippen molar-refractivity contribution in [2.45, 2.75) is 32.6 Å². The Balaban J connectivity index is 1.61. The van der Waals surface area contributed by atoms with Gasteiger partial charge in [-0.1, -0.05) is 25.8 Å². The van der Waals surface area contributed by atoms with Crippen LogP contribution in [0.25, 0.3) is 5.69 Å². The summed E-state index contributed by atoms with van der Waals surface area (Å²) < 4.78 is 1.90. The van der Waals surface area contributed by atoms with Gasteiger partial charge in [0.1, 0.15) is 0 Å². The van der Waals surface area contributed by atoms with E-state index in [4.69, 9.17) is 0 Å². The van der Waals surface area contributed by atoms with E-state index < -0.39 is 0 Å². The van der Waals surface area contributed by atoms with Gasteiger partial charge in [0, 0.05) is 24.6 Å². The van der Waals surface area contributed by atoms with Gasteiger partial charge in [0.15, 0.2) is 0 Å². The normalized spacial score (nSPS) is 22.6. The lowest BCUT2D eigenvalue weighted by Crippen LogP contribution is -2.21. The number of aromatic nitrogens is 2. The van der Waals surface area contributed by atoms with E-state index in [0.717, 1.165) is 24.1 Å². The Labute approximate surface area is 121 Å². The highest BCUT2D eigenvalue weighted by Gasteiger charge is 2.18. The monoisotopic (exact) mass is 269 g/mol. The fourth-order valence-corrected chi connectivity index (χ4v) is 3.19. The highest BCUT2D eigenvalue weighted by Crippen LogP contribution is 2.28. The summed E-state index contributed by atoms with van der Waals surface area (Å²) in [7, 11) is 0. The first kappa shape index (κ1) is 13.2. The zero-order chi connectivity index (χ0) is 13.8. The third-order valence-corrected chi connectivity index (χ3v) is 4.25. The molecule has 1 aliphatic rings. The first-order valence-electron chi connectivity index (χ1n) is 7.65. The van der Waals surface area contributed by atoms with Crippen molar-refractivity contribution in [3.05, 3.63) is 42.7 Å². The number of anilines is 1. The van der Waals surface area contributed by atoms with Gasteiger partial charge in [-0.3, -0.25) is 0 Å². The molecule has 0 saturated heterocycles. The molecule has 0 radical (unpaired) electrons. The minimum atomic E-state index is 0.826. The van der Waals surface area contributed by atoms with Gasteiger partial charge >= 0.3 is 0 Å². The highest BCUT2D eigenvalue weighted by atomic mass is 15.3. The zero-order valence-corrected chi connectivity index (χ0v) is 12.1. The van der Waals surface area contributed by atoms with E-state index in [1.165, 1.54) is 31.4 Å². The summed E-state index contributed by atoms with van der Waals surface area (Å²) in [5.41, 5.74) is 2.30. The highest BCUT2D eigenvalue weighted by molar-refractivity contribution is 5.50. The van der Waals surface area contributed by atoms with E-state index in [-0.39, 0.29) is 0 Å². The molecule has 1 N–H and O–H groups in total. The van der Waals surface area contributed by atoms with E-state index >= 15 is 0 Å². The molecule has 20 heavy (non-hydrogen) atoms. The molecule has 3 rings (SSSR count). The van der Waals surface area contributed by atoms with Gasteiger partial charge in [-0.05, 0) is 48.9 Å². The maximum Gasteiger partial charge on any atom is 0.0666 e. The first-order valence-corrected chi connectivity index (χ1v) is 7.65. The van der Waals surface area contributed by atoms with E-state index in [9.17, 15) is 0 Å². The molecule has 106 valence electrons. The molecule has 1 aliphatic carbocycles. The smallest absolute Gasteiger partial charge is 0.0666 e. The van der Waals surface area contributed by atoms with Crippen molar-refractivity contribution in [3.8, 4) is 5.69 Å². The number of nitrogens with one attached hydrogen (secondary N) is 1. The molecule has 1 fully saturated rings. The molecule has 0 bridgehead atoms. The lowest BCUT2D eigenvalue weighted by atomic mass is 9.82. The molecule has 0 spiro atoms. The van der Waals surface area contributed by atoms with Gasteiger partial charge in [-0.15, -0.1) is 0 Å². The second-order valence-corrected chi connectivity index (χ2v) is 6.02. The minimum Gasteiger partial charge on any atom is -0.385 e. The van der Waals surface area contributed by atoms with Gasteiger partial charge in [-0.2, -0.15) is 5.10 Å². The maximum absolute atomic E-state index is 4.28. The molecule has 1 saturated carbocycles. The Bertz CT molecular complexity index is 533. The molecule has 3 nitrogen and oxygen atoms in total. The number of benzene rings is 1. The topological polar surface area (TPSA) is 29.9 Å². The third kappa shape index (κ3) is 3.21. The molecule has 0 amide bonds. The van der Waals surface area contributed by atoms with Crippen molar-refractivity contribution in [1.29, 1.82) is 0 Å². The maximum atomic E-state index is 4.28. The summed E-state index contributed by atoms with van der Waals surface area (Å²) in [4.78, 5) is 0. The van der Waals surface area contributed by atoms with Crippen LogP contribution in [0, 0.1) is 11.8 Å². The number of rotatable bonds is 4. The van der Waals surface area contributed by atoms with Crippen molar-refractivity contribution in [1.82, 2.24) is 9.78 Å².